The van der Waals surface area contributed by atoms with Crippen molar-refractivity contribution >= 4 is 27.5 Å². The van der Waals surface area contributed by atoms with Crippen molar-refractivity contribution in [1.82, 2.24) is 14.8 Å². The van der Waals surface area contributed by atoms with Gasteiger partial charge < -0.3 is 5.11 Å². The standard InChI is InChI=1S/C17H15N3O2S/c1-17-7-6-9(8-17)12-13(15(21)22)19-20(14(12)17)16-18-10-4-2-3-5-11(10)23-16/h2-5,9H,6-8H2,1H3,(H,21,22)/t9-,17+/m1/s1. The summed E-state index contributed by atoms with van der Waals surface area (Å²) in [4.78, 5) is 16.3. The van der Waals surface area contributed by atoms with Gasteiger partial charge in [-0.3, -0.25) is 0 Å². The molecular weight excluding hydrogens is 310 g/mol. The summed E-state index contributed by atoms with van der Waals surface area (Å²) in [7, 11) is 0. The molecule has 0 saturated heterocycles. The topological polar surface area (TPSA) is 68.0 Å². The molecule has 2 aliphatic rings. The van der Waals surface area contributed by atoms with Gasteiger partial charge in [0.2, 0.25) is 5.13 Å². The summed E-state index contributed by atoms with van der Waals surface area (Å²) < 4.78 is 2.90. The maximum absolute atomic E-state index is 11.7. The predicted octanol–water partition coefficient (Wildman–Crippen LogP) is 3.72. The first kappa shape index (κ1) is 13.2. The number of carboxylic acid groups (broad SMARTS) is 1. The number of thiazole rings is 1. The molecular formula is C17H15N3O2S. The average molecular weight is 325 g/mol. The molecule has 2 aromatic heterocycles. The average Bonchev–Trinajstić information content (AvgIpc) is 3.24. The van der Waals surface area contributed by atoms with Gasteiger partial charge in [-0.2, -0.15) is 5.10 Å². The predicted molar refractivity (Wildman–Crippen MR) is 87.6 cm³/mol. The number of aromatic carboxylic acids is 1. The van der Waals surface area contributed by atoms with E-state index < -0.39 is 5.97 Å². The zero-order valence-corrected chi connectivity index (χ0v) is 13.4. The number of para-hydroxylation sites is 1. The highest BCUT2D eigenvalue weighted by molar-refractivity contribution is 7.20. The number of nitrogens with zero attached hydrogens (tertiary/aromatic N) is 3. The number of aromatic nitrogens is 3. The highest BCUT2D eigenvalue weighted by Gasteiger charge is 2.51. The molecule has 2 atom stereocenters. The van der Waals surface area contributed by atoms with Crippen LogP contribution in [0.2, 0.25) is 0 Å². The molecule has 2 heterocycles. The molecule has 2 aliphatic carbocycles. The lowest BCUT2D eigenvalue weighted by Crippen LogP contribution is -2.20. The Morgan fingerprint density at radius 2 is 2.26 bits per heavy atom. The van der Waals surface area contributed by atoms with Gasteiger partial charge in [-0.1, -0.05) is 30.4 Å². The van der Waals surface area contributed by atoms with Crippen LogP contribution >= 0.6 is 11.3 Å². The van der Waals surface area contributed by atoms with E-state index in [1.807, 2.05) is 28.9 Å². The second kappa shape index (κ2) is 4.20. The summed E-state index contributed by atoms with van der Waals surface area (Å²) >= 11 is 1.56. The Bertz CT molecular complexity index is 941. The quantitative estimate of drug-likeness (QED) is 0.780. The molecule has 2 bridgehead atoms. The number of fused-ring (bicyclic) bond motifs is 6. The van der Waals surface area contributed by atoms with E-state index in [4.69, 9.17) is 0 Å². The smallest absolute Gasteiger partial charge is 0.356 e. The van der Waals surface area contributed by atoms with Gasteiger partial charge in [-0.25, -0.2) is 14.5 Å². The second-order valence-corrected chi connectivity index (χ2v) is 7.80. The third-order valence-corrected chi connectivity index (χ3v) is 6.32. The molecule has 0 spiro atoms. The zero-order chi connectivity index (χ0) is 15.8. The third-order valence-electron chi connectivity index (χ3n) is 5.31. The first-order chi connectivity index (χ1) is 11.1. The molecule has 0 radical (unpaired) electrons. The fourth-order valence-electron chi connectivity index (χ4n) is 4.35. The van der Waals surface area contributed by atoms with E-state index >= 15 is 0 Å². The molecule has 0 unspecified atom stereocenters. The molecule has 5 nitrogen and oxygen atoms in total. The number of rotatable bonds is 2. The SMILES string of the molecule is C[C@]12CC[C@H](C1)c1c(C(=O)O)nn(-c3nc4ccccc4s3)c12. The minimum absolute atomic E-state index is 0.0263. The van der Waals surface area contributed by atoms with Crippen LogP contribution in [0.25, 0.3) is 15.3 Å². The largest absolute Gasteiger partial charge is 0.476 e. The number of hydrogen-bond acceptors (Lipinski definition) is 4. The van der Waals surface area contributed by atoms with Crippen molar-refractivity contribution in [3.05, 3.63) is 41.2 Å². The third kappa shape index (κ3) is 1.64. The Balaban J connectivity index is 1.80. The Morgan fingerprint density at radius 1 is 1.43 bits per heavy atom. The van der Waals surface area contributed by atoms with Gasteiger partial charge in [0, 0.05) is 11.0 Å². The lowest BCUT2D eigenvalue weighted by molar-refractivity contribution is 0.0688. The molecule has 0 aliphatic heterocycles. The summed E-state index contributed by atoms with van der Waals surface area (Å²) in [5, 5.41) is 14.8. The van der Waals surface area contributed by atoms with Gasteiger partial charge >= 0.3 is 5.97 Å². The van der Waals surface area contributed by atoms with E-state index in [2.05, 4.69) is 17.0 Å². The highest BCUT2D eigenvalue weighted by atomic mass is 32.1. The van der Waals surface area contributed by atoms with Crippen molar-refractivity contribution < 1.29 is 9.90 Å². The van der Waals surface area contributed by atoms with E-state index in [0.29, 0.717) is 5.92 Å². The van der Waals surface area contributed by atoms with Crippen molar-refractivity contribution in [2.24, 2.45) is 0 Å². The normalized spacial score (nSPS) is 25.2. The number of hydrogen-bond donors (Lipinski definition) is 1. The lowest BCUT2D eigenvalue weighted by atomic mass is 9.85. The van der Waals surface area contributed by atoms with Crippen molar-refractivity contribution in [3.8, 4) is 5.13 Å². The first-order valence-electron chi connectivity index (χ1n) is 7.79. The van der Waals surface area contributed by atoms with Crippen LogP contribution in [0.15, 0.2) is 24.3 Å². The molecule has 1 fully saturated rings. The van der Waals surface area contributed by atoms with E-state index in [9.17, 15) is 9.90 Å². The van der Waals surface area contributed by atoms with Gasteiger partial charge in [-0.15, -0.1) is 0 Å². The number of benzene rings is 1. The van der Waals surface area contributed by atoms with Crippen molar-refractivity contribution in [3.63, 3.8) is 0 Å². The van der Waals surface area contributed by atoms with Crippen LogP contribution in [0.1, 0.15) is 53.8 Å². The van der Waals surface area contributed by atoms with E-state index in [0.717, 1.165) is 45.9 Å². The molecule has 23 heavy (non-hydrogen) atoms. The highest BCUT2D eigenvalue weighted by Crippen LogP contribution is 2.58. The summed E-state index contributed by atoms with van der Waals surface area (Å²) in [6, 6.07) is 7.96. The molecule has 0 amide bonds. The van der Waals surface area contributed by atoms with Crippen molar-refractivity contribution in [2.75, 3.05) is 0 Å². The summed E-state index contributed by atoms with van der Waals surface area (Å²) in [5.74, 6) is -0.596. The van der Waals surface area contributed by atoms with E-state index in [1.165, 1.54) is 0 Å². The Labute approximate surface area is 136 Å². The summed E-state index contributed by atoms with van der Waals surface area (Å²) in [6.45, 7) is 2.23. The maximum atomic E-state index is 11.7. The summed E-state index contributed by atoms with van der Waals surface area (Å²) in [5.41, 5.74) is 3.20. The molecule has 116 valence electrons. The molecule has 1 saturated carbocycles. The van der Waals surface area contributed by atoms with E-state index in [1.54, 1.807) is 11.3 Å². The van der Waals surface area contributed by atoms with Gasteiger partial charge in [0.15, 0.2) is 5.69 Å². The van der Waals surface area contributed by atoms with Crippen LogP contribution in [0.4, 0.5) is 0 Å². The fourth-order valence-corrected chi connectivity index (χ4v) is 5.27. The van der Waals surface area contributed by atoms with Crippen LogP contribution in [0.3, 0.4) is 0 Å². The lowest BCUT2D eigenvalue weighted by Gasteiger charge is -2.22. The molecule has 1 N–H and O–H groups in total. The first-order valence-corrected chi connectivity index (χ1v) is 8.61. The molecule has 5 rings (SSSR count). The summed E-state index contributed by atoms with van der Waals surface area (Å²) in [6.07, 6.45) is 3.20. The van der Waals surface area contributed by atoms with Crippen molar-refractivity contribution in [2.45, 2.75) is 37.5 Å². The van der Waals surface area contributed by atoms with Gasteiger partial charge in [-0.05, 0) is 37.3 Å². The molecule has 3 aromatic rings. The van der Waals surface area contributed by atoms with Crippen molar-refractivity contribution in [1.29, 1.82) is 0 Å². The Hall–Kier alpha value is -2.21. The zero-order valence-electron chi connectivity index (χ0n) is 12.6. The van der Waals surface area contributed by atoms with Crippen LogP contribution in [0.5, 0.6) is 0 Å². The Morgan fingerprint density at radius 3 is 3.04 bits per heavy atom. The van der Waals surface area contributed by atoms with Crippen LogP contribution < -0.4 is 0 Å². The monoisotopic (exact) mass is 325 g/mol. The number of carboxylic acids is 1. The van der Waals surface area contributed by atoms with Gasteiger partial charge in [0.25, 0.3) is 0 Å². The number of carbonyl (C=O) groups is 1. The minimum atomic E-state index is -0.933. The molecule has 6 heteroatoms. The minimum Gasteiger partial charge on any atom is -0.476 e. The van der Waals surface area contributed by atoms with Gasteiger partial charge in [0.05, 0.1) is 15.9 Å². The fraction of sp³-hybridized carbons (Fsp3) is 0.353. The second-order valence-electron chi connectivity index (χ2n) is 6.79. The maximum Gasteiger partial charge on any atom is 0.356 e. The van der Waals surface area contributed by atoms with Gasteiger partial charge in [0.1, 0.15) is 0 Å². The molecule has 1 aromatic carbocycles. The Kier molecular flexibility index (Phi) is 2.42. The van der Waals surface area contributed by atoms with E-state index in [-0.39, 0.29) is 11.1 Å². The van der Waals surface area contributed by atoms with Crippen LogP contribution in [-0.4, -0.2) is 25.8 Å². The van der Waals surface area contributed by atoms with Crippen LogP contribution in [0, 0.1) is 0 Å². The van der Waals surface area contributed by atoms with Crippen LogP contribution in [-0.2, 0) is 5.41 Å².